The average molecular weight is 408 g/mol. The first-order valence-electron chi connectivity index (χ1n) is 9.62. The van der Waals surface area contributed by atoms with Crippen LogP contribution in [0.2, 0.25) is 0 Å². The van der Waals surface area contributed by atoms with Crippen molar-refractivity contribution in [1.29, 1.82) is 0 Å². The monoisotopic (exact) mass is 408 g/mol. The van der Waals surface area contributed by atoms with Crippen LogP contribution in [0.25, 0.3) is 11.0 Å². The predicted molar refractivity (Wildman–Crippen MR) is 114 cm³/mol. The smallest absolute Gasteiger partial charge is 0.336 e. The average Bonchev–Trinajstić information content (AvgIpc) is 2.75. The van der Waals surface area contributed by atoms with E-state index in [9.17, 15) is 14.4 Å². The summed E-state index contributed by atoms with van der Waals surface area (Å²) >= 11 is 0. The molecule has 0 fully saturated rings. The van der Waals surface area contributed by atoms with E-state index in [0.29, 0.717) is 30.0 Å². The van der Waals surface area contributed by atoms with Gasteiger partial charge < -0.3 is 19.0 Å². The summed E-state index contributed by atoms with van der Waals surface area (Å²) in [6.07, 6.45) is 0. The molecule has 0 radical (unpaired) electrons. The van der Waals surface area contributed by atoms with Crippen LogP contribution >= 0.6 is 0 Å². The quantitative estimate of drug-likeness (QED) is 0.562. The number of carbonyl (C=O) groups excluding carboxylic acids is 2. The van der Waals surface area contributed by atoms with Gasteiger partial charge in [0.1, 0.15) is 11.3 Å². The Balaban J connectivity index is 1.62. The van der Waals surface area contributed by atoms with Crippen molar-refractivity contribution in [3.05, 3.63) is 76.1 Å². The van der Waals surface area contributed by atoms with Gasteiger partial charge in [0, 0.05) is 50.3 Å². The molecule has 7 heteroatoms. The van der Waals surface area contributed by atoms with E-state index in [1.165, 1.54) is 11.0 Å². The minimum Gasteiger partial charge on any atom is -0.484 e. The third kappa shape index (κ3) is 5.05. The van der Waals surface area contributed by atoms with Gasteiger partial charge in [-0.1, -0.05) is 12.1 Å². The summed E-state index contributed by atoms with van der Waals surface area (Å²) in [5.41, 5.74) is 1.50. The molecule has 3 aromatic rings. The number of carbonyl (C=O) groups is 2. The second kappa shape index (κ2) is 9.26. The first kappa shape index (κ1) is 21.1. The third-order valence-corrected chi connectivity index (χ3v) is 4.67. The van der Waals surface area contributed by atoms with Crippen LogP contribution in [0.3, 0.4) is 0 Å². The molecule has 3 rings (SSSR count). The molecular weight excluding hydrogens is 384 g/mol. The van der Waals surface area contributed by atoms with Crippen molar-refractivity contribution in [2.24, 2.45) is 0 Å². The van der Waals surface area contributed by atoms with Gasteiger partial charge in [0.15, 0.2) is 6.61 Å². The second-order valence-corrected chi connectivity index (χ2v) is 7.05. The van der Waals surface area contributed by atoms with Crippen LogP contribution in [0.1, 0.15) is 22.8 Å². The van der Waals surface area contributed by atoms with Crippen molar-refractivity contribution in [3.63, 3.8) is 0 Å². The number of benzene rings is 2. The molecule has 1 aromatic heterocycles. The number of hydrogen-bond acceptors (Lipinski definition) is 5. The van der Waals surface area contributed by atoms with Gasteiger partial charge in [-0.25, -0.2) is 4.79 Å². The van der Waals surface area contributed by atoms with Crippen molar-refractivity contribution in [2.45, 2.75) is 13.5 Å². The molecule has 0 atom stereocenters. The van der Waals surface area contributed by atoms with Gasteiger partial charge >= 0.3 is 5.63 Å². The molecule has 0 spiro atoms. The molecule has 2 aromatic carbocycles. The Hall–Kier alpha value is -3.61. The highest BCUT2D eigenvalue weighted by molar-refractivity contribution is 5.93. The highest BCUT2D eigenvalue weighted by Crippen LogP contribution is 2.19. The summed E-state index contributed by atoms with van der Waals surface area (Å²) < 4.78 is 10.7. The van der Waals surface area contributed by atoms with E-state index in [2.05, 4.69) is 0 Å². The van der Waals surface area contributed by atoms with Gasteiger partial charge in [0.05, 0.1) is 0 Å². The van der Waals surface area contributed by atoms with E-state index in [0.717, 1.165) is 10.9 Å². The molecule has 0 bridgehead atoms. The van der Waals surface area contributed by atoms with Crippen LogP contribution in [0.5, 0.6) is 5.75 Å². The minimum absolute atomic E-state index is 0.0652. The SMILES string of the molecule is CCN(Cc1ccc(C(=O)N(C)C)cc1)C(=O)COc1ccc2ccc(=O)oc2c1. The fourth-order valence-corrected chi connectivity index (χ4v) is 2.97. The Morgan fingerprint density at radius 1 is 1.00 bits per heavy atom. The molecule has 30 heavy (non-hydrogen) atoms. The topological polar surface area (TPSA) is 80.1 Å². The van der Waals surface area contributed by atoms with Crippen molar-refractivity contribution >= 4 is 22.8 Å². The van der Waals surface area contributed by atoms with Gasteiger partial charge in [-0.15, -0.1) is 0 Å². The van der Waals surface area contributed by atoms with Gasteiger partial charge in [-0.3, -0.25) is 9.59 Å². The molecule has 0 aliphatic rings. The first-order chi connectivity index (χ1) is 14.4. The number of nitrogens with zero attached hydrogens (tertiary/aromatic N) is 2. The van der Waals surface area contributed by atoms with E-state index in [1.54, 1.807) is 55.4 Å². The molecular formula is C23H24N2O5. The van der Waals surface area contributed by atoms with E-state index < -0.39 is 5.63 Å². The Bertz CT molecular complexity index is 1100. The Morgan fingerprint density at radius 2 is 1.70 bits per heavy atom. The van der Waals surface area contributed by atoms with Crippen molar-refractivity contribution in [1.82, 2.24) is 9.80 Å². The maximum Gasteiger partial charge on any atom is 0.336 e. The van der Waals surface area contributed by atoms with Gasteiger partial charge in [-0.05, 0) is 42.8 Å². The number of rotatable bonds is 7. The zero-order valence-corrected chi connectivity index (χ0v) is 17.3. The summed E-state index contributed by atoms with van der Waals surface area (Å²) in [5, 5.41) is 0.777. The van der Waals surface area contributed by atoms with E-state index in [-0.39, 0.29) is 18.4 Å². The molecule has 0 saturated carbocycles. The van der Waals surface area contributed by atoms with Gasteiger partial charge in [-0.2, -0.15) is 0 Å². The molecule has 1 heterocycles. The zero-order chi connectivity index (χ0) is 21.7. The summed E-state index contributed by atoms with van der Waals surface area (Å²) in [6.45, 7) is 2.70. The fraction of sp³-hybridized carbons (Fsp3) is 0.261. The molecule has 0 aliphatic carbocycles. The van der Waals surface area contributed by atoms with Crippen molar-refractivity contribution < 1.29 is 18.7 Å². The van der Waals surface area contributed by atoms with Gasteiger partial charge in [0.25, 0.3) is 11.8 Å². The van der Waals surface area contributed by atoms with Crippen molar-refractivity contribution in [2.75, 3.05) is 27.2 Å². The number of ether oxygens (including phenoxy) is 1. The van der Waals surface area contributed by atoms with Crippen LogP contribution in [0.15, 0.2) is 63.8 Å². The molecule has 0 N–H and O–H groups in total. The third-order valence-electron chi connectivity index (χ3n) is 4.67. The number of amides is 2. The van der Waals surface area contributed by atoms with E-state index >= 15 is 0 Å². The minimum atomic E-state index is -0.439. The molecule has 2 amide bonds. The fourth-order valence-electron chi connectivity index (χ4n) is 2.97. The van der Waals surface area contributed by atoms with Crippen LogP contribution in [0, 0.1) is 0 Å². The van der Waals surface area contributed by atoms with E-state index in [1.807, 2.05) is 19.1 Å². The lowest BCUT2D eigenvalue weighted by Gasteiger charge is -2.21. The lowest BCUT2D eigenvalue weighted by Crippen LogP contribution is -2.34. The Morgan fingerprint density at radius 3 is 2.37 bits per heavy atom. The standard InChI is InChI=1S/C23H24N2O5/c1-4-25(14-16-5-7-18(8-6-16)23(28)24(2)3)21(26)15-29-19-11-9-17-10-12-22(27)30-20(17)13-19/h5-13H,4,14-15H2,1-3H3. The molecule has 156 valence electrons. The summed E-state index contributed by atoms with van der Waals surface area (Å²) in [5.74, 6) is 0.220. The maximum atomic E-state index is 12.6. The Kier molecular flexibility index (Phi) is 6.51. The summed E-state index contributed by atoms with van der Waals surface area (Å²) in [6, 6.07) is 15.3. The molecule has 0 saturated heterocycles. The van der Waals surface area contributed by atoms with Gasteiger partial charge in [0.2, 0.25) is 0 Å². The zero-order valence-electron chi connectivity index (χ0n) is 17.3. The normalized spacial score (nSPS) is 10.6. The van der Waals surface area contributed by atoms with E-state index in [4.69, 9.17) is 9.15 Å². The highest BCUT2D eigenvalue weighted by atomic mass is 16.5. The number of likely N-dealkylation sites (N-methyl/N-ethyl adjacent to an activating group) is 1. The largest absolute Gasteiger partial charge is 0.484 e. The summed E-state index contributed by atoms with van der Waals surface area (Å²) in [7, 11) is 3.41. The maximum absolute atomic E-state index is 12.6. The van der Waals surface area contributed by atoms with Crippen LogP contribution < -0.4 is 10.4 Å². The van der Waals surface area contributed by atoms with Crippen LogP contribution in [-0.2, 0) is 11.3 Å². The predicted octanol–water partition coefficient (Wildman–Crippen LogP) is 2.92. The van der Waals surface area contributed by atoms with Crippen LogP contribution in [-0.4, -0.2) is 48.9 Å². The lowest BCUT2D eigenvalue weighted by atomic mass is 10.1. The molecule has 0 aliphatic heterocycles. The Labute approximate surface area is 174 Å². The summed E-state index contributed by atoms with van der Waals surface area (Å²) in [4.78, 5) is 39.1. The number of fused-ring (bicyclic) bond motifs is 1. The lowest BCUT2D eigenvalue weighted by molar-refractivity contribution is -0.133. The second-order valence-electron chi connectivity index (χ2n) is 7.05. The molecule has 7 nitrogen and oxygen atoms in total. The highest BCUT2D eigenvalue weighted by Gasteiger charge is 2.14. The van der Waals surface area contributed by atoms with Crippen LogP contribution in [0.4, 0.5) is 0 Å². The first-order valence-corrected chi connectivity index (χ1v) is 9.62. The van der Waals surface area contributed by atoms with Crippen molar-refractivity contribution in [3.8, 4) is 5.75 Å². The molecule has 0 unspecified atom stereocenters. The number of hydrogen-bond donors (Lipinski definition) is 0.